The molecule has 0 aliphatic carbocycles. The minimum Gasteiger partial charge on any atom is -0.370 e. The molecule has 1 atom stereocenters. The molecule has 0 radical (unpaired) electrons. The third-order valence-corrected chi connectivity index (χ3v) is 4.53. The van der Waals surface area contributed by atoms with Gasteiger partial charge in [0.25, 0.3) is 5.91 Å². The van der Waals surface area contributed by atoms with Gasteiger partial charge in [0.15, 0.2) is 5.96 Å². The highest BCUT2D eigenvalue weighted by atomic mass is 19.1. The van der Waals surface area contributed by atoms with E-state index in [0.717, 1.165) is 4.90 Å². The number of benzene rings is 1. The summed E-state index contributed by atoms with van der Waals surface area (Å²) in [4.78, 5) is 31.2. The number of nitrogens with one attached hydrogen (secondary N) is 3. The summed E-state index contributed by atoms with van der Waals surface area (Å²) in [6.07, 6.45) is 4.28. The Bertz CT molecular complexity index is 1040. The molecule has 154 valence electrons. The van der Waals surface area contributed by atoms with Gasteiger partial charge in [0.05, 0.1) is 0 Å². The van der Waals surface area contributed by atoms with E-state index in [1.807, 2.05) is 6.07 Å². The molecule has 3 rings (SSSR count). The third-order valence-electron chi connectivity index (χ3n) is 4.53. The van der Waals surface area contributed by atoms with Crippen molar-refractivity contribution >= 4 is 29.7 Å². The first-order chi connectivity index (χ1) is 14.3. The molecular weight excluding hydrogens is 391 g/mol. The molecule has 1 aromatic carbocycles. The van der Waals surface area contributed by atoms with Gasteiger partial charge < -0.3 is 21.3 Å². The van der Waals surface area contributed by atoms with Gasteiger partial charge in [-0.3, -0.25) is 19.9 Å². The van der Waals surface area contributed by atoms with Crippen LogP contribution in [0.15, 0.2) is 47.0 Å². The molecule has 1 unspecified atom stereocenters. The Labute approximate surface area is 171 Å². The fourth-order valence-electron chi connectivity index (χ4n) is 2.82. The minimum absolute atomic E-state index is 0.0449. The molecule has 5 N–H and O–H groups in total. The molecule has 2 heterocycles. The number of aryl methyl sites for hydroxylation is 1. The third kappa shape index (κ3) is 4.44. The number of carbonyl (C=O) groups is 2. The first-order valence-corrected chi connectivity index (χ1v) is 8.90. The van der Waals surface area contributed by atoms with Crippen molar-refractivity contribution in [2.45, 2.75) is 19.0 Å². The number of nitriles is 1. The highest BCUT2D eigenvalue weighted by Gasteiger charge is 2.26. The zero-order chi connectivity index (χ0) is 21.8. The predicted molar refractivity (Wildman–Crippen MR) is 107 cm³/mol. The molecule has 0 spiro atoms. The van der Waals surface area contributed by atoms with Gasteiger partial charge in [-0.2, -0.15) is 5.26 Å². The summed E-state index contributed by atoms with van der Waals surface area (Å²) >= 11 is 0. The van der Waals surface area contributed by atoms with E-state index in [2.05, 4.69) is 15.6 Å². The summed E-state index contributed by atoms with van der Waals surface area (Å²) in [6.45, 7) is 0. The van der Waals surface area contributed by atoms with Gasteiger partial charge in [-0.15, -0.1) is 0 Å². The van der Waals surface area contributed by atoms with E-state index in [9.17, 15) is 14.0 Å². The molecule has 0 saturated heterocycles. The maximum Gasteiger partial charge on any atom is 0.275 e. The van der Waals surface area contributed by atoms with Crippen LogP contribution in [-0.2, 0) is 16.0 Å². The second-order valence-electron chi connectivity index (χ2n) is 6.58. The van der Waals surface area contributed by atoms with Gasteiger partial charge in [-0.1, -0.05) is 0 Å². The summed E-state index contributed by atoms with van der Waals surface area (Å²) in [6, 6.07) is 6.03. The van der Waals surface area contributed by atoms with Gasteiger partial charge >= 0.3 is 0 Å². The first kappa shape index (κ1) is 20.5. The lowest BCUT2D eigenvalue weighted by molar-refractivity contribution is -0.126. The van der Waals surface area contributed by atoms with Crippen LogP contribution in [0.3, 0.4) is 0 Å². The van der Waals surface area contributed by atoms with Gasteiger partial charge in [-0.05, 0) is 30.2 Å². The fourth-order valence-corrected chi connectivity index (χ4v) is 2.82. The number of aliphatic imine (C=N–C) groups is 1. The largest absolute Gasteiger partial charge is 0.370 e. The molecule has 10 nitrogen and oxygen atoms in total. The minimum atomic E-state index is -0.513. The molecule has 11 heteroatoms. The van der Waals surface area contributed by atoms with Crippen LogP contribution in [-0.4, -0.2) is 47.0 Å². The maximum atomic E-state index is 14.1. The highest BCUT2D eigenvalue weighted by Crippen LogP contribution is 2.20. The van der Waals surface area contributed by atoms with E-state index in [-0.39, 0.29) is 30.3 Å². The van der Waals surface area contributed by atoms with Crippen LogP contribution in [0.1, 0.15) is 12.0 Å². The molecule has 0 saturated carbocycles. The lowest BCUT2D eigenvalue weighted by Gasteiger charge is -2.22. The van der Waals surface area contributed by atoms with E-state index >= 15 is 0 Å². The number of hydrogen-bond donors (Lipinski definition) is 4. The van der Waals surface area contributed by atoms with E-state index in [4.69, 9.17) is 16.4 Å². The van der Waals surface area contributed by atoms with Gasteiger partial charge in [-0.25, -0.2) is 9.38 Å². The molecule has 2 amide bonds. The van der Waals surface area contributed by atoms with E-state index in [1.165, 1.54) is 37.7 Å². The lowest BCUT2D eigenvalue weighted by Crippen LogP contribution is -2.38. The van der Waals surface area contributed by atoms with Crippen molar-refractivity contribution in [3.8, 4) is 6.07 Å². The number of nitrogens with two attached hydrogens (primary N) is 1. The second-order valence-corrected chi connectivity index (χ2v) is 6.58. The number of allylic oxidation sites excluding steroid dienone is 1. The number of hydrogen-bond acceptors (Lipinski definition) is 7. The number of rotatable bonds is 5. The van der Waals surface area contributed by atoms with Crippen molar-refractivity contribution in [3.63, 3.8) is 0 Å². The number of guanidine groups is 1. The van der Waals surface area contributed by atoms with Crippen molar-refractivity contribution in [1.29, 1.82) is 10.7 Å². The lowest BCUT2D eigenvalue weighted by atomic mass is 10.1. The molecule has 1 aromatic rings. The molecular formula is C19H19FN8O2. The summed E-state index contributed by atoms with van der Waals surface area (Å²) in [5.41, 5.74) is 6.32. The number of fused-ring (bicyclic) bond motifs is 1. The molecule has 30 heavy (non-hydrogen) atoms. The summed E-state index contributed by atoms with van der Waals surface area (Å²) in [5.74, 6) is -1.83. The number of anilines is 1. The fraction of sp³-hybridized carbons (Fsp3) is 0.211. The number of amides is 2. The smallest absolute Gasteiger partial charge is 0.275 e. The Morgan fingerprint density at radius 1 is 1.47 bits per heavy atom. The number of carbonyl (C=O) groups excluding carboxylic acids is 2. The van der Waals surface area contributed by atoms with Crippen molar-refractivity contribution < 1.29 is 14.0 Å². The van der Waals surface area contributed by atoms with Gasteiger partial charge in [0.2, 0.25) is 5.91 Å². The zero-order valence-electron chi connectivity index (χ0n) is 16.0. The molecule has 0 aromatic heterocycles. The molecule has 2 aliphatic heterocycles. The van der Waals surface area contributed by atoms with Crippen molar-refractivity contribution in [2.75, 3.05) is 12.4 Å². The highest BCUT2D eigenvalue weighted by molar-refractivity contribution is 6.04. The molecule has 2 aliphatic rings. The van der Waals surface area contributed by atoms with Crippen LogP contribution in [0, 0.1) is 22.6 Å². The Balaban J connectivity index is 1.67. The van der Waals surface area contributed by atoms with Crippen molar-refractivity contribution in [2.24, 2.45) is 10.7 Å². The van der Waals surface area contributed by atoms with Crippen LogP contribution in [0.2, 0.25) is 0 Å². The second kappa shape index (κ2) is 8.44. The average Bonchev–Trinajstić information content (AvgIpc) is 3.15. The van der Waals surface area contributed by atoms with E-state index in [0.29, 0.717) is 11.4 Å². The molecule has 0 bridgehead atoms. The monoisotopic (exact) mass is 410 g/mol. The van der Waals surface area contributed by atoms with Gasteiger partial charge in [0.1, 0.15) is 29.4 Å². The normalized spacial score (nSPS) is 16.6. The summed E-state index contributed by atoms with van der Waals surface area (Å²) < 4.78 is 14.1. The van der Waals surface area contributed by atoms with E-state index < -0.39 is 23.6 Å². The van der Waals surface area contributed by atoms with E-state index in [1.54, 1.807) is 11.1 Å². The SMILES string of the molecule is CN(C(=N)N)C(=O)CCc1cc(NC(=O)C2=CN3C=C(C#N)NC3C=N2)ccc1F. The topological polar surface area (TPSA) is 151 Å². The Morgan fingerprint density at radius 2 is 2.23 bits per heavy atom. The van der Waals surface area contributed by atoms with Crippen LogP contribution in [0.25, 0.3) is 0 Å². The van der Waals surface area contributed by atoms with Crippen LogP contribution in [0.4, 0.5) is 10.1 Å². The Kier molecular flexibility index (Phi) is 5.78. The zero-order valence-corrected chi connectivity index (χ0v) is 16.0. The Hall–Kier alpha value is -4.20. The Morgan fingerprint density at radius 3 is 2.93 bits per heavy atom. The molecule has 0 fully saturated rings. The van der Waals surface area contributed by atoms with Crippen LogP contribution < -0.4 is 16.4 Å². The number of nitrogens with zero attached hydrogens (tertiary/aromatic N) is 4. The van der Waals surface area contributed by atoms with Crippen molar-refractivity contribution in [3.05, 3.63) is 53.4 Å². The predicted octanol–water partition coefficient (Wildman–Crippen LogP) is 0.571. The van der Waals surface area contributed by atoms with Crippen molar-refractivity contribution in [1.82, 2.24) is 15.1 Å². The standard InChI is InChI=1S/C19H19FN8O2/c1-27(19(22)23)17(29)5-2-11-6-12(3-4-14(11)20)26-18(30)15-10-28-9-13(7-21)25-16(28)8-24-15/h3-4,6,8-10,16,25H,2,5H2,1H3,(H3,22,23)(H,26,30). The van der Waals surface area contributed by atoms with Crippen LogP contribution in [0.5, 0.6) is 0 Å². The van der Waals surface area contributed by atoms with Crippen LogP contribution >= 0.6 is 0 Å². The summed E-state index contributed by atoms with van der Waals surface area (Å²) in [7, 11) is 1.37. The average molecular weight is 410 g/mol. The quantitative estimate of drug-likeness (QED) is 0.412. The van der Waals surface area contributed by atoms with Gasteiger partial charge in [0, 0.05) is 37.8 Å². The first-order valence-electron chi connectivity index (χ1n) is 8.90. The maximum absolute atomic E-state index is 14.1. The number of halogens is 1. The summed E-state index contributed by atoms with van der Waals surface area (Å²) in [5, 5.41) is 21.7.